The van der Waals surface area contributed by atoms with Crippen LogP contribution in [0.15, 0.2) is 54.6 Å². The fraction of sp³-hybridized carbons (Fsp3) is 0.346. The van der Waals surface area contributed by atoms with E-state index in [9.17, 15) is 4.79 Å². The topological polar surface area (TPSA) is 58.6 Å². The van der Waals surface area contributed by atoms with E-state index in [1.54, 1.807) is 13.2 Å². The maximum absolute atomic E-state index is 13.3. The Labute approximate surface area is 188 Å². The van der Waals surface area contributed by atoms with Crippen LogP contribution in [0, 0.1) is 0 Å². The zero-order valence-corrected chi connectivity index (χ0v) is 18.5. The molecule has 2 aliphatic heterocycles. The van der Waals surface area contributed by atoms with Gasteiger partial charge in [0.15, 0.2) is 5.82 Å². The van der Waals surface area contributed by atoms with E-state index in [1.165, 1.54) is 19.3 Å². The van der Waals surface area contributed by atoms with Crippen molar-refractivity contribution in [3.63, 3.8) is 0 Å². The second-order valence-corrected chi connectivity index (χ2v) is 8.42. The van der Waals surface area contributed by atoms with Crippen LogP contribution in [0.25, 0.3) is 11.4 Å². The minimum Gasteiger partial charge on any atom is -0.497 e. The highest BCUT2D eigenvalue weighted by molar-refractivity contribution is 5.94. The molecular weight excluding hydrogens is 400 g/mol. The van der Waals surface area contributed by atoms with Crippen LogP contribution in [0.3, 0.4) is 0 Å². The molecule has 3 heterocycles. The number of anilines is 1. The average Bonchev–Trinajstić information content (AvgIpc) is 2.88. The fourth-order valence-corrected chi connectivity index (χ4v) is 4.59. The molecule has 2 aliphatic rings. The van der Waals surface area contributed by atoms with E-state index >= 15 is 0 Å². The Kier molecular flexibility index (Phi) is 5.75. The number of hydrogen-bond acceptors (Lipinski definition) is 5. The number of nitrogens with zero attached hydrogens (tertiary/aromatic N) is 4. The second kappa shape index (κ2) is 8.99. The summed E-state index contributed by atoms with van der Waals surface area (Å²) in [5.74, 6) is 2.48. The van der Waals surface area contributed by atoms with Gasteiger partial charge in [0.1, 0.15) is 11.6 Å². The van der Waals surface area contributed by atoms with Crippen LogP contribution in [0.2, 0.25) is 0 Å². The van der Waals surface area contributed by atoms with Gasteiger partial charge < -0.3 is 14.5 Å². The first-order valence-electron chi connectivity index (χ1n) is 11.4. The van der Waals surface area contributed by atoms with Crippen molar-refractivity contribution in [1.29, 1.82) is 0 Å². The summed E-state index contributed by atoms with van der Waals surface area (Å²) in [5.41, 5.74) is 3.83. The lowest BCUT2D eigenvalue weighted by atomic mass is 10.0. The van der Waals surface area contributed by atoms with E-state index in [2.05, 4.69) is 17.0 Å². The molecule has 0 bridgehead atoms. The van der Waals surface area contributed by atoms with Gasteiger partial charge in [-0.1, -0.05) is 36.4 Å². The van der Waals surface area contributed by atoms with Crippen molar-refractivity contribution < 1.29 is 9.53 Å². The van der Waals surface area contributed by atoms with Gasteiger partial charge in [-0.15, -0.1) is 0 Å². The van der Waals surface area contributed by atoms with E-state index in [0.717, 1.165) is 48.0 Å². The molecule has 5 rings (SSSR count). The number of aromatic nitrogens is 2. The van der Waals surface area contributed by atoms with Gasteiger partial charge in [-0.25, -0.2) is 9.97 Å². The number of amides is 1. The first-order chi connectivity index (χ1) is 15.7. The molecule has 1 aromatic heterocycles. The molecule has 0 aliphatic carbocycles. The van der Waals surface area contributed by atoms with Crippen molar-refractivity contribution in [2.24, 2.45) is 0 Å². The van der Waals surface area contributed by atoms with Crippen molar-refractivity contribution in [2.45, 2.75) is 32.2 Å². The number of benzene rings is 2. The van der Waals surface area contributed by atoms with Crippen LogP contribution in [0.1, 0.15) is 40.9 Å². The van der Waals surface area contributed by atoms with Gasteiger partial charge in [-0.2, -0.15) is 0 Å². The van der Waals surface area contributed by atoms with Crippen LogP contribution in [-0.2, 0) is 13.0 Å². The summed E-state index contributed by atoms with van der Waals surface area (Å²) >= 11 is 0. The third kappa shape index (κ3) is 4.05. The van der Waals surface area contributed by atoms with E-state index in [-0.39, 0.29) is 5.91 Å². The van der Waals surface area contributed by atoms with Gasteiger partial charge in [0.25, 0.3) is 5.91 Å². The molecule has 0 spiro atoms. The number of piperidine rings is 1. The normalized spacial score (nSPS) is 15.9. The number of fused-ring (bicyclic) bond motifs is 1. The third-order valence-corrected chi connectivity index (χ3v) is 6.33. The van der Waals surface area contributed by atoms with Crippen LogP contribution in [-0.4, -0.2) is 47.5 Å². The zero-order chi connectivity index (χ0) is 21.9. The summed E-state index contributed by atoms with van der Waals surface area (Å²) < 4.78 is 5.30. The van der Waals surface area contributed by atoms with Crippen LogP contribution in [0.5, 0.6) is 5.75 Å². The first kappa shape index (κ1) is 20.5. The molecule has 0 unspecified atom stereocenters. The van der Waals surface area contributed by atoms with Crippen molar-refractivity contribution in [3.8, 4) is 17.1 Å². The minimum atomic E-state index is 0.0197. The molecule has 3 aromatic rings. The summed E-state index contributed by atoms with van der Waals surface area (Å²) in [5, 5.41) is 0. The number of ether oxygens (including phenoxy) is 1. The standard InChI is InChI=1S/C26H28N4O2/c1-32-21-12-8-11-20(17-21)26(31)30-16-13-23-22(18-30)25(29-14-6-3-7-15-29)28-24(27-23)19-9-4-2-5-10-19/h2,4-5,8-12,17H,3,6-7,13-16,18H2,1H3. The largest absolute Gasteiger partial charge is 0.497 e. The number of hydrogen-bond donors (Lipinski definition) is 0. The Balaban J connectivity index is 1.50. The molecule has 0 radical (unpaired) electrons. The summed E-state index contributed by atoms with van der Waals surface area (Å²) in [6, 6.07) is 17.5. The minimum absolute atomic E-state index is 0.0197. The summed E-state index contributed by atoms with van der Waals surface area (Å²) in [6.45, 7) is 3.18. The molecule has 32 heavy (non-hydrogen) atoms. The molecule has 1 saturated heterocycles. The summed E-state index contributed by atoms with van der Waals surface area (Å²) in [4.78, 5) is 27.5. The van der Waals surface area contributed by atoms with E-state index < -0.39 is 0 Å². The SMILES string of the molecule is COc1cccc(C(=O)N2CCc3nc(-c4ccccc4)nc(N4CCCCC4)c3C2)c1. The number of methoxy groups -OCH3 is 1. The van der Waals surface area contributed by atoms with E-state index in [1.807, 2.05) is 41.3 Å². The Bertz CT molecular complexity index is 1110. The smallest absolute Gasteiger partial charge is 0.254 e. The number of carbonyl (C=O) groups excluding carboxylic acids is 1. The molecule has 1 amide bonds. The quantitative estimate of drug-likeness (QED) is 0.619. The molecule has 6 nitrogen and oxygen atoms in total. The van der Waals surface area contributed by atoms with E-state index in [4.69, 9.17) is 14.7 Å². The number of carbonyl (C=O) groups is 1. The van der Waals surface area contributed by atoms with Crippen molar-refractivity contribution in [3.05, 3.63) is 71.4 Å². The van der Waals surface area contributed by atoms with Crippen molar-refractivity contribution in [1.82, 2.24) is 14.9 Å². The Morgan fingerprint density at radius 2 is 1.75 bits per heavy atom. The fourth-order valence-electron chi connectivity index (χ4n) is 4.59. The van der Waals surface area contributed by atoms with Crippen LogP contribution < -0.4 is 9.64 Å². The number of rotatable bonds is 4. The van der Waals surface area contributed by atoms with Gasteiger partial charge in [-0.3, -0.25) is 4.79 Å². The molecule has 0 saturated carbocycles. The lowest BCUT2D eigenvalue weighted by Crippen LogP contribution is -2.39. The van der Waals surface area contributed by atoms with Crippen LogP contribution >= 0.6 is 0 Å². The van der Waals surface area contributed by atoms with Gasteiger partial charge >= 0.3 is 0 Å². The Morgan fingerprint density at radius 1 is 0.938 bits per heavy atom. The van der Waals surface area contributed by atoms with Gasteiger partial charge in [-0.05, 0) is 37.5 Å². The lowest BCUT2D eigenvalue weighted by molar-refractivity contribution is 0.0733. The molecular formula is C26H28N4O2. The summed E-state index contributed by atoms with van der Waals surface area (Å²) in [7, 11) is 1.62. The zero-order valence-electron chi connectivity index (χ0n) is 18.5. The maximum Gasteiger partial charge on any atom is 0.254 e. The Morgan fingerprint density at radius 3 is 2.53 bits per heavy atom. The predicted octanol–water partition coefficient (Wildman–Crippen LogP) is 4.34. The average molecular weight is 429 g/mol. The molecule has 0 N–H and O–H groups in total. The van der Waals surface area contributed by atoms with Gasteiger partial charge in [0, 0.05) is 42.7 Å². The monoisotopic (exact) mass is 428 g/mol. The van der Waals surface area contributed by atoms with Crippen molar-refractivity contribution in [2.75, 3.05) is 31.6 Å². The molecule has 0 atom stereocenters. The van der Waals surface area contributed by atoms with Crippen molar-refractivity contribution >= 4 is 11.7 Å². The van der Waals surface area contributed by atoms with Crippen LogP contribution in [0.4, 0.5) is 5.82 Å². The van der Waals surface area contributed by atoms with E-state index in [0.29, 0.717) is 24.4 Å². The summed E-state index contributed by atoms with van der Waals surface area (Å²) in [6.07, 6.45) is 4.34. The van der Waals surface area contributed by atoms with Gasteiger partial charge in [0.05, 0.1) is 19.3 Å². The first-order valence-corrected chi connectivity index (χ1v) is 11.4. The highest BCUT2D eigenvalue weighted by Crippen LogP contribution is 2.32. The third-order valence-electron chi connectivity index (χ3n) is 6.33. The molecule has 1 fully saturated rings. The Hall–Kier alpha value is -3.41. The molecule has 164 valence electrons. The second-order valence-electron chi connectivity index (χ2n) is 8.42. The van der Waals surface area contributed by atoms with Gasteiger partial charge in [0.2, 0.25) is 0 Å². The molecule has 6 heteroatoms. The predicted molar refractivity (Wildman–Crippen MR) is 125 cm³/mol. The molecule has 2 aromatic carbocycles. The maximum atomic E-state index is 13.3. The highest BCUT2D eigenvalue weighted by Gasteiger charge is 2.29. The highest BCUT2D eigenvalue weighted by atomic mass is 16.5. The lowest BCUT2D eigenvalue weighted by Gasteiger charge is -2.34.